The first-order chi connectivity index (χ1) is 16.1. The number of aliphatic hydroxyl groups is 1. The van der Waals surface area contributed by atoms with E-state index in [9.17, 15) is 24.7 Å². The monoisotopic (exact) mass is 455 g/mol. The number of anilines is 1. The van der Waals surface area contributed by atoms with Crippen LogP contribution in [0, 0.1) is 5.41 Å². The number of carbonyl (C=O) groups excluding carboxylic acids is 3. The van der Waals surface area contributed by atoms with Crippen molar-refractivity contribution in [3.63, 3.8) is 0 Å². The number of Topliss-reactive ketones (excluding diaryl/α,β-unsaturated/α-hetero) is 2. The fourth-order valence-corrected chi connectivity index (χ4v) is 6.88. The van der Waals surface area contributed by atoms with Crippen molar-refractivity contribution in [3.8, 4) is 0 Å². The van der Waals surface area contributed by atoms with Crippen molar-refractivity contribution in [3.05, 3.63) is 89.0 Å². The molecule has 0 amide bonds. The van der Waals surface area contributed by atoms with E-state index >= 15 is 0 Å². The Bertz CT molecular complexity index is 1340. The molecular weight excluding hydrogens is 430 g/mol. The zero-order valence-corrected chi connectivity index (χ0v) is 19.0. The van der Waals surface area contributed by atoms with E-state index in [1.807, 2.05) is 44.2 Å². The van der Waals surface area contributed by atoms with E-state index < -0.39 is 34.5 Å². The summed E-state index contributed by atoms with van der Waals surface area (Å²) in [6.07, 6.45) is 3.36. The minimum Gasteiger partial charge on any atom is -0.383 e. The molecule has 0 fully saturated rings. The standard InChI is InChI=1S/C28H25NO5/c1-26(2)14-17-22(21(31)15-26)25(32)28-18-10-6-7-11-19(18)29(34)24(28)20(30)12-13-27(28,33)23(17)16-8-4-3-5-9-16/h3-13,23-24,33-34H,14-15H2,1-2H3. The highest BCUT2D eigenvalue weighted by molar-refractivity contribution is 6.29. The van der Waals surface area contributed by atoms with E-state index in [0.29, 0.717) is 17.6 Å². The van der Waals surface area contributed by atoms with E-state index in [0.717, 1.165) is 10.6 Å². The van der Waals surface area contributed by atoms with Gasteiger partial charge < -0.3 is 5.11 Å². The van der Waals surface area contributed by atoms with Gasteiger partial charge in [-0.05, 0) is 46.8 Å². The Morgan fingerprint density at radius 1 is 0.941 bits per heavy atom. The minimum atomic E-state index is -1.87. The number of hydrogen-bond acceptors (Lipinski definition) is 6. The summed E-state index contributed by atoms with van der Waals surface area (Å²) in [5, 5.41) is 24.6. The zero-order chi connectivity index (χ0) is 24.0. The Kier molecular flexibility index (Phi) is 4.13. The Morgan fingerprint density at radius 3 is 2.35 bits per heavy atom. The van der Waals surface area contributed by atoms with E-state index in [2.05, 4.69) is 0 Å². The fourth-order valence-electron chi connectivity index (χ4n) is 6.88. The fraction of sp³-hybridized carbons (Fsp3) is 0.321. The number of rotatable bonds is 1. The maximum absolute atomic E-state index is 14.5. The van der Waals surface area contributed by atoms with E-state index in [1.165, 1.54) is 12.2 Å². The molecule has 0 aromatic heterocycles. The second-order valence-electron chi connectivity index (χ2n) is 10.6. The van der Waals surface area contributed by atoms with E-state index in [4.69, 9.17) is 0 Å². The minimum absolute atomic E-state index is 0.0797. The molecule has 6 rings (SSSR count). The van der Waals surface area contributed by atoms with Crippen molar-refractivity contribution in [1.29, 1.82) is 0 Å². The third-order valence-corrected chi connectivity index (χ3v) is 8.05. The molecule has 1 spiro atoms. The average molecular weight is 456 g/mol. The predicted molar refractivity (Wildman–Crippen MR) is 125 cm³/mol. The maximum Gasteiger partial charge on any atom is 0.182 e. The third-order valence-electron chi connectivity index (χ3n) is 8.05. The van der Waals surface area contributed by atoms with Gasteiger partial charge in [-0.3, -0.25) is 19.6 Å². The molecule has 172 valence electrons. The lowest BCUT2D eigenvalue weighted by Crippen LogP contribution is -2.71. The zero-order valence-electron chi connectivity index (χ0n) is 19.0. The van der Waals surface area contributed by atoms with Crippen molar-refractivity contribution in [2.75, 3.05) is 5.06 Å². The van der Waals surface area contributed by atoms with Crippen molar-refractivity contribution < 1.29 is 24.7 Å². The van der Waals surface area contributed by atoms with Gasteiger partial charge in [-0.15, -0.1) is 0 Å². The molecule has 0 radical (unpaired) electrons. The van der Waals surface area contributed by atoms with Gasteiger partial charge in [-0.2, -0.15) is 0 Å². The summed E-state index contributed by atoms with van der Waals surface area (Å²) in [5.74, 6) is -2.08. The molecule has 0 saturated carbocycles. The lowest BCUT2D eigenvalue weighted by molar-refractivity contribution is -0.144. The molecule has 0 bridgehead atoms. The number of hydrogen-bond donors (Lipinski definition) is 2. The number of hydroxylamine groups is 1. The summed E-state index contributed by atoms with van der Waals surface area (Å²) in [7, 11) is 0. The van der Waals surface area contributed by atoms with Gasteiger partial charge in [-0.1, -0.05) is 62.4 Å². The smallest absolute Gasteiger partial charge is 0.182 e. The van der Waals surface area contributed by atoms with Crippen LogP contribution in [0.3, 0.4) is 0 Å². The Balaban J connectivity index is 1.77. The van der Waals surface area contributed by atoms with Gasteiger partial charge in [-0.25, -0.2) is 5.06 Å². The van der Waals surface area contributed by atoms with Crippen molar-refractivity contribution in [1.82, 2.24) is 0 Å². The summed E-state index contributed by atoms with van der Waals surface area (Å²) < 4.78 is 0. The molecule has 3 aliphatic carbocycles. The largest absolute Gasteiger partial charge is 0.383 e. The van der Waals surface area contributed by atoms with Crippen LogP contribution in [0.1, 0.15) is 43.7 Å². The number of fused-ring (bicyclic) bond motifs is 1. The number of allylic oxidation sites excluding steroid dienone is 1. The van der Waals surface area contributed by atoms with Gasteiger partial charge >= 0.3 is 0 Å². The van der Waals surface area contributed by atoms with Gasteiger partial charge in [0.1, 0.15) is 17.1 Å². The third kappa shape index (κ3) is 2.34. The van der Waals surface area contributed by atoms with Crippen LogP contribution in [-0.4, -0.2) is 39.3 Å². The first-order valence-corrected chi connectivity index (χ1v) is 11.5. The summed E-state index contributed by atoms with van der Waals surface area (Å²) >= 11 is 0. The number of benzene rings is 2. The highest BCUT2D eigenvalue weighted by Crippen LogP contribution is 2.64. The van der Waals surface area contributed by atoms with Crippen LogP contribution >= 0.6 is 0 Å². The van der Waals surface area contributed by atoms with Gasteiger partial charge in [0.25, 0.3) is 0 Å². The Hall–Kier alpha value is -3.35. The highest BCUT2D eigenvalue weighted by Gasteiger charge is 2.75. The van der Waals surface area contributed by atoms with Crippen molar-refractivity contribution in [2.45, 2.75) is 49.7 Å². The van der Waals surface area contributed by atoms with Crippen LogP contribution in [-0.2, 0) is 19.8 Å². The van der Waals surface area contributed by atoms with Gasteiger partial charge in [0, 0.05) is 12.3 Å². The van der Waals surface area contributed by atoms with Gasteiger partial charge in [0.05, 0.1) is 11.3 Å². The Labute approximate surface area is 197 Å². The second-order valence-corrected chi connectivity index (χ2v) is 10.6. The average Bonchev–Trinajstić information content (AvgIpc) is 3.07. The molecule has 6 heteroatoms. The van der Waals surface area contributed by atoms with Crippen LogP contribution in [0.5, 0.6) is 0 Å². The number of ketones is 3. The molecule has 1 heterocycles. The topological polar surface area (TPSA) is 94.9 Å². The molecule has 4 aliphatic rings. The summed E-state index contributed by atoms with van der Waals surface area (Å²) in [5.41, 5.74) is -2.01. The van der Waals surface area contributed by atoms with Crippen LogP contribution in [0.2, 0.25) is 0 Å². The summed E-state index contributed by atoms with van der Waals surface area (Å²) in [6, 6.07) is 14.7. The highest BCUT2D eigenvalue weighted by atomic mass is 16.5. The van der Waals surface area contributed by atoms with Crippen LogP contribution in [0.15, 0.2) is 77.9 Å². The lowest BCUT2D eigenvalue weighted by Gasteiger charge is -2.56. The number of nitrogens with zero attached hydrogens (tertiary/aromatic N) is 1. The maximum atomic E-state index is 14.5. The first kappa shape index (κ1) is 21.2. The quantitative estimate of drug-likeness (QED) is 0.640. The summed E-state index contributed by atoms with van der Waals surface area (Å²) in [6.45, 7) is 3.97. The number of para-hydroxylation sites is 1. The SMILES string of the molecule is CC1(C)CC(=O)C2=C(C1)C(c1ccccc1)C1(O)C=CC(=O)C3N(O)c4ccccc4C31C2=O. The molecule has 2 aromatic rings. The molecule has 34 heavy (non-hydrogen) atoms. The van der Waals surface area contributed by atoms with Crippen LogP contribution < -0.4 is 5.06 Å². The molecule has 2 N–H and O–H groups in total. The molecule has 4 unspecified atom stereocenters. The van der Waals surface area contributed by atoms with Gasteiger partial charge in [0.15, 0.2) is 17.3 Å². The lowest BCUT2D eigenvalue weighted by atomic mass is 9.46. The molecule has 1 aliphatic heterocycles. The Morgan fingerprint density at radius 2 is 1.62 bits per heavy atom. The molecule has 4 atom stereocenters. The van der Waals surface area contributed by atoms with Crippen molar-refractivity contribution in [2.24, 2.45) is 5.41 Å². The first-order valence-electron chi connectivity index (χ1n) is 11.5. The van der Waals surface area contributed by atoms with E-state index in [-0.39, 0.29) is 28.9 Å². The van der Waals surface area contributed by atoms with E-state index in [1.54, 1.807) is 24.3 Å². The molecule has 6 nitrogen and oxygen atoms in total. The summed E-state index contributed by atoms with van der Waals surface area (Å²) in [4.78, 5) is 41.3. The predicted octanol–water partition coefficient (Wildman–Crippen LogP) is 3.42. The normalized spacial score (nSPS) is 33.4. The van der Waals surface area contributed by atoms with Crippen molar-refractivity contribution >= 4 is 23.0 Å². The molecule has 0 saturated heterocycles. The number of carbonyl (C=O) groups is 3. The second kappa shape index (κ2) is 6.62. The van der Waals surface area contributed by atoms with Crippen LogP contribution in [0.25, 0.3) is 0 Å². The van der Waals surface area contributed by atoms with Crippen LogP contribution in [0.4, 0.5) is 5.69 Å². The molecule has 2 aromatic carbocycles. The molecular formula is C28H25NO5. The van der Waals surface area contributed by atoms with Gasteiger partial charge in [0.2, 0.25) is 0 Å².